The number of hydrogen-bond acceptors (Lipinski definition) is 4. The van der Waals surface area contributed by atoms with E-state index in [0.29, 0.717) is 12.3 Å². The lowest BCUT2D eigenvalue weighted by Crippen LogP contribution is -2.41. The molecule has 1 amide bonds. The number of amides is 1. The van der Waals surface area contributed by atoms with E-state index in [0.717, 1.165) is 25.9 Å². The van der Waals surface area contributed by atoms with Gasteiger partial charge in [0.1, 0.15) is 0 Å². The molecule has 3 heterocycles. The number of sulfone groups is 1. The number of nitrogens with zero attached hydrogens (tertiary/aromatic N) is 2. The zero-order chi connectivity index (χ0) is 14.9. The van der Waals surface area contributed by atoms with Crippen molar-refractivity contribution < 1.29 is 13.2 Å². The third kappa shape index (κ3) is 3.26. The highest BCUT2D eigenvalue weighted by atomic mass is 32.2. The van der Waals surface area contributed by atoms with E-state index in [1.807, 2.05) is 17.0 Å². The molecule has 5 nitrogen and oxygen atoms in total. The summed E-state index contributed by atoms with van der Waals surface area (Å²) in [5.41, 5.74) is 1.28. The second-order valence-electron chi connectivity index (χ2n) is 5.98. The van der Waals surface area contributed by atoms with Gasteiger partial charge in [0, 0.05) is 25.5 Å². The molecule has 3 rings (SSSR count). The Morgan fingerprint density at radius 3 is 2.38 bits per heavy atom. The maximum absolute atomic E-state index is 12.4. The van der Waals surface area contributed by atoms with E-state index >= 15 is 0 Å². The van der Waals surface area contributed by atoms with Gasteiger partial charge in [-0.2, -0.15) is 0 Å². The van der Waals surface area contributed by atoms with Gasteiger partial charge in [0.15, 0.2) is 9.84 Å². The molecule has 21 heavy (non-hydrogen) atoms. The molecule has 0 radical (unpaired) electrons. The van der Waals surface area contributed by atoms with E-state index in [9.17, 15) is 13.2 Å². The summed E-state index contributed by atoms with van der Waals surface area (Å²) >= 11 is 0. The molecule has 0 aromatic carbocycles. The van der Waals surface area contributed by atoms with Gasteiger partial charge in [0.25, 0.3) is 0 Å². The van der Waals surface area contributed by atoms with Crippen LogP contribution in [0.1, 0.15) is 30.7 Å². The lowest BCUT2D eigenvalue weighted by atomic mass is 9.89. The second kappa shape index (κ2) is 5.75. The van der Waals surface area contributed by atoms with Crippen LogP contribution >= 0.6 is 0 Å². The van der Waals surface area contributed by atoms with Crippen molar-refractivity contribution in [1.82, 2.24) is 9.88 Å². The first-order chi connectivity index (χ1) is 10.1. The van der Waals surface area contributed by atoms with E-state index in [4.69, 9.17) is 0 Å². The number of piperidine rings is 1. The summed E-state index contributed by atoms with van der Waals surface area (Å²) in [6, 6.07) is 4.07. The van der Waals surface area contributed by atoms with Crippen LogP contribution in [0.3, 0.4) is 0 Å². The van der Waals surface area contributed by atoms with Gasteiger partial charge < -0.3 is 4.90 Å². The van der Waals surface area contributed by atoms with Gasteiger partial charge >= 0.3 is 0 Å². The molecule has 0 bridgehead atoms. The van der Waals surface area contributed by atoms with E-state index in [-0.39, 0.29) is 23.3 Å². The number of pyridine rings is 1. The molecule has 1 aromatic heterocycles. The minimum Gasteiger partial charge on any atom is -0.342 e. The van der Waals surface area contributed by atoms with Gasteiger partial charge in [-0.15, -0.1) is 0 Å². The maximum atomic E-state index is 12.4. The SMILES string of the molecule is O=C(C1CCS(=O)(=O)C1)N1CCC(c2ccncc2)CC1. The number of rotatable bonds is 2. The number of carbonyl (C=O) groups excluding carboxylic acids is 1. The zero-order valence-corrected chi connectivity index (χ0v) is 12.8. The van der Waals surface area contributed by atoms with Crippen molar-refractivity contribution in [2.75, 3.05) is 24.6 Å². The first kappa shape index (κ1) is 14.5. The molecular weight excluding hydrogens is 288 g/mol. The van der Waals surface area contributed by atoms with Crippen LogP contribution < -0.4 is 0 Å². The summed E-state index contributed by atoms with van der Waals surface area (Å²) in [6.07, 6.45) is 5.97. The third-order valence-electron chi connectivity index (χ3n) is 4.57. The summed E-state index contributed by atoms with van der Waals surface area (Å²) in [5.74, 6) is 0.397. The molecule has 2 aliphatic heterocycles. The van der Waals surface area contributed by atoms with Crippen molar-refractivity contribution in [2.45, 2.75) is 25.2 Å². The molecular formula is C15H20N2O3S. The summed E-state index contributed by atoms with van der Waals surface area (Å²) in [6.45, 7) is 1.45. The molecule has 0 saturated carbocycles. The van der Waals surface area contributed by atoms with Crippen LogP contribution in [0, 0.1) is 5.92 Å². The standard InChI is InChI=1S/C15H20N2O3S/c18-15(14-5-10-21(19,20)11-14)17-8-3-13(4-9-17)12-1-6-16-7-2-12/h1-2,6-7,13-14H,3-5,8-11H2. The average Bonchev–Trinajstić information content (AvgIpc) is 2.88. The Morgan fingerprint density at radius 2 is 1.81 bits per heavy atom. The van der Waals surface area contributed by atoms with Crippen LogP contribution in [0.25, 0.3) is 0 Å². The van der Waals surface area contributed by atoms with Gasteiger partial charge in [-0.1, -0.05) is 0 Å². The molecule has 2 saturated heterocycles. The molecule has 0 N–H and O–H groups in total. The molecule has 114 valence electrons. The largest absolute Gasteiger partial charge is 0.342 e. The molecule has 1 aromatic rings. The quantitative estimate of drug-likeness (QED) is 0.824. The third-order valence-corrected chi connectivity index (χ3v) is 6.33. The smallest absolute Gasteiger partial charge is 0.226 e. The predicted octanol–water partition coefficient (Wildman–Crippen LogP) is 1.22. The van der Waals surface area contributed by atoms with Crippen LogP contribution in [-0.2, 0) is 14.6 Å². The average molecular weight is 308 g/mol. The van der Waals surface area contributed by atoms with Crippen molar-refractivity contribution in [3.63, 3.8) is 0 Å². The highest BCUT2D eigenvalue weighted by molar-refractivity contribution is 7.91. The summed E-state index contributed by atoms with van der Waals surface area (Å²) in [7, 11) is -2.99. The van der Waals surface area contributed by atoms with Crippen molar-refractivity contribution in [2.24, 2.45) is 5.92 Å². The minimum absolute atomic E-state index is 0.0317. The molecule has 0 aliphatic carbocycles. The lowest BCUT2D eigenvalue weighted by Gasteiger charge is -2.33. The molecule has 1 unspecified atom stereocenters. The van der Waals surface area contributed by atoms with Crippen LogP contribution in [0.15, 0.2) is 24.5 Å². The number of hydrogen-bond donors (Lipinski definition) is 0. The van der Waals surface area contributed by atoms with Crippen molar-refractivity contribution in [3.05, 3.63) is 30.1 Å². The zero-order valence-electron chi connectivity index (χ0n) is 11.9. The Balaban J connectivity index is 1.57. The van der Waals surface area contributed by atoms with E-state index in [2.05, 4.69) is 4.98 Å². The molecule has 1 atom stereocenters. The Morgan fingerprint density at radius 1 is 1.14 bits per heavy atom. The Bertz CT molecular complexity index is 607. The Kier molecular flexibility index (Phi) is 3.97. The van der Waals surface area contributed by atoms with E-state index < -0.39 is 9.84 Å². The number of likely N-dealkylation sites (tertiary alicyclic amines) is 1. The molecule has 6 heteroatoms. The molecule has 2 fully saturated rings. The minimum atomic E-state index is -2.99. The summed E-state index contributed by atoms with van der Waals surface area (Å²) in [5, 5.41) is 0. The second-order valence-corrected chi connectivity index (χ2v) is 8.21. The van der Waals surface area contributed by atoms with Crippen LogP contribution in [-0.4, -0.2) is 48.8 Å². The Hall–Kier alpha value is -1.43. The van der Waals surface area contributed by atoms with Gasteiger partial charge in [-0.05, 0) is 42.9 Å². The maximum Gasteiger partial charge on any atom is 0.226 e. The monoisotopic (exact) mass is 308 g/mol. The Labute approximate surface area is 125 Å². The molecule has 2 aliphatic rings. The van der Waals surface area contributed by atoms with Gasteiger partial charge in [-0.25, -0.2) is 8.42 Å². The number of aromatic nitrogens is 1. The fourth-order valence-electron chi connectivity index (χ4n) is 3.32. The highest BCUT2D eigenvalue weighted by Crippen LogP contribution is 2.29. The fourth-order valence-corrected chi connectivity index (χ4v) is 5.05. The van der Waals surface area contributed by atoms with E-state index in [1.165, 1.54) is 5.56 Å². The molecule has 0 spiro atoms. The topological polar surface area (TPSA) is 67.3 Å². The number of carbonyl (C=O) groups is 1. The first-order valence-corrected chi connectivity index (χ1v) is 9.26. The summed E-state index contributed by atoms with van der Waals surface area (Å²) < 4.78 is 23.0. The lowest BCUT2D eigenvalue weighted by molar-refractivity contribution is -0.135. The first-order valence-electron chi connectivity index (χ1n) is 7.44. The van der Waals surface area contributed by atoms with E-state index in [1.54, 1.807) is 12.4 Å². The highest BCUT2D eigenvalue weighted by Gasteiger charge is 2.36. The fraction of sp³-hybridized carbons (Fsp3) is 0.600. The normalized spacial score (nSPS) is 25.9. The van der Waals surface area contributed by atoms with Gasteiger partial charge in [0.2, 0.25) is 5.91 Å². The van der Waals surface area contributed by atoms with Crippen molar-refractivity contribution >= 4 is 15.7 Å². The summed E-state index contributed by atoms with van der Waals surface area (Å²) in [4.78, 5) is 18.3. The van der Waals surface area contributed by atoms with Gasteiger partial charge in [0.05, 0.1) is 17.4 Å². The predicted molar refractivity (Wildman–Crippen MR) is 79.6 cm³/mol. The van der Waals surface area contributed by atoms with Crippen LogP contribution in [0.5, 0.6) is 0 Å². The van der Waals surface area contributed by atoms with Gasteiger partial charge in [-0.3, -0.25) is 9.78 Å². The van der Waals surface area contributed by atoms with Crippen molar-refractivity contribution in [1.29, 1.82) is 0 Å². The van der Waals surface area contributed by atoms with Crippen molar-refractivity contribution in [3.8, 4) is 0 Å². The van der Waals surface area contributed by atoms with Crippen LogP contribution in [0.2, 0.25) is 0 Å². The van der Waals surface area contributed by atoms with Crippen LogP contribution in [0.4, 0.5) is 0 Å².